The van der Waals surface area contributed by atoms with Crippen LogP contribution in [-0.4, -0.2) is 5.91 Å². The summed E-state index contributed by atoms with van der Waals surface area (Å²) in [5, 5.41) is 2.83. The lowest BCUT2D eigenvalue weighted by Crippen LogP contribution is -2.09. The van der Waals surface area contributed by atoms with Crippen molar-refractivity contribution >= 4 is 45.5 Å². The van der Waals surface area contributed by atoms with Crippen molar-refractivity contribution < 1.29 is 4.79 Å². The number of benzene rings is 2. The molecule has 1 aliphatic heterocycles. The second kappa shape index (κ2) is 4.70. The summed E-state index contributed by atoms with van der Waals surface area (Å²) in [7, 11) is 0. The zero-order valence-electron chi connectivity index (χ0n) is 9.98. The lowest BCUT2D eigenvalue weighted by Gasteiger charge is -2.06. The molecule has 0 aromatic heterocycles. The molecule has 0 saturated carbocycles. The fourth-order valence-electron chi connectivity index (χ4n) is 2.18. The summed E-state index contributed by atoms with van der Waals surface area (Å²) in [5.74, 6) is -0.141. The van der Waals surface area contributed by atoms with E-state index in [0.717, 1.165) is 20.4 Å². The van der Waals surface area contributed by atoms with Crippen LogP contribution in [0.2, 0.25) is 0 Å². The number of hydrogen-bond donors (Lipinski definition) is 2. The van der Waals surface area contributed by atoms with Crippen molar-refractivity contribution in [2.75, 3.05) is 5.32 Å². The number of carbonyl (C=O) groups is 1. The van der Waals surface area contributed by atoms with Gasteiger partial charge in [-0.3, -0.25) is 4.79 Å². The van der Waals surface area contributed by atoms with Crippen molar-refractivity contribution in [1.82, 2.24) is 0 Å². The van der Waals surface area contributed by atoms with Crippen molar-refractivity contribution in [3.8, 4) is 0 Å². The van der Waals surface area contributed by atoms with Gasteiger partial charge in [-0.15, -0.1) is 0 Å². The highest BCUT2D eigenvalue weighted by atomic mass is 127. The van der Waals surface area contributed by atoms with Crippen LogP contribution >= 0.6 is 22.6 Å². The lowest BCUT2D eigenvalue weighted by atomic mass is 10.0. The van der Waals surface area contributed by atoms with Gasteiger partial charge in [-0.1, -0.05) is 30.3 Å². The van der Waals surface area contributed by atoms with Crippen LogP contribution in [0.15, 0.2) is 48.5 Å². The van der Waals surface area contributed by atoms with Gasteiger partial charge in [0.15, 0.2) is 0 Å². The van der Waals surface area contributed by atoms with E-state index in [4.69, 9.17) is 5.73 Å². The average molecular weight is 362 g/mol. The minimum atomic E-state index is -0.141. The molecule has 0 saturated heterocycles. The summed E-state index contributed by atoms with van der Waals surface area (Å²) in [4.78, 5) is 12.1. The number of amides is 1. The Morgan fingerprint density at radius 2 is 1.89 bits per heavy atom. The molecular formula is C15H11IN2O. The summed E-state index contributed by atoms with van der Waals surface area (Å²) in [6.07, 6.45) is 0. The first-order valence-electron chi connectivity index (χ1n) is 5.83. The van der Waals surface area contributed by atoms with Crippen LogP contribution < -0.4 is 11.1 Å². The third-order valence-electron chi connectivity index (χ3n) is 3.08. The predicted molar refractivity (Wildman–Crippen MR) is 85.2 cm³/mol. The number of nitrogens with one attached hydrogen (secondary N) is 1. The molecule has 1 amide bonds. The van der Waals surface area contributed by atoms with Crippen molar-refractivity contribution in [3.63, 3.8) is 0 Å². The van der Waals surface area contributed by atoms with Gasteiger partial charge in [0.05, 0.1) is 11.3 Å². The van der Waals surface area contributed by atoms with E-state index in [2.05, 4.69) is 27.9 Å². The summed E-state index contributed by atoms with van der Waals surface area (Å²) in [6, 6.07) is 15.4. The number of fused-ring (bicyclic) bond motifs is 1. The number of anilines is 1. The van der Waals surface area contributed by atoms with Gasteiger partial charge in [-0.25, -0.2) is 0 Å². The normalized spacial score (nSPS) is 15.9. The summed E-state index contributed by atoms with van der Waals surface area (Å²) in [5.41, 5.74) is 9.81. The molecule has 19 heavy (non-hydrogen) atoms. The van der Waals surface area contributed by atoms with Crippen molar-refractivity contribution in [2.24, 2.45) is 5.73 Å². The predicted octanol–water partition coefficient (Wildman–Crippen LogP) is 3.07. The van der Waals surface area contributed by atoms with Crippen LogP contribution in [0, 0.1) is 3.57 Å². The highest BCUT2D eigenvalue weighted by molar-refractivity contribution is 14.1. The minimum Gasteiger partial charge on any atom is -0.398 e. The quantitative estimate of drug-likeness (QED) is 0.605. The number of hydrogen-bond acceptors (Lipinski definition) is 2. The maximum Gasteiger partial charge on any atom is 0.258 e. The Balaban J connectivity index is 2.20. The van der Waals surface area contributed by atoms with Crippen LogP contribution in [0.25, 0.3) is 11.3 Å². The molecule has 2 aromatic rings. The Kier molecular flexibility index (Phi) is 3.02. The van der Waals surface area contributed by atoms with Crippen LogP contribution in [-0.2, 0) is 4.79 Å². The molecule has 3 N–H and O–H groups in total. The van der Waals surface area contributed by atoms with Crippen LogP contribution in [0.1, 0.15) is 11.1 Å². The highest BCUT2D eigenvalue weighted by Gasteiger charge is 2.26. The topological polar surface area (TPSA) is 55.1 Å². The van der Waals surface area contributed by atoms with Crippen molar-refractivity contribution in [3.05, 3.63) is 63.2 Å². The molecule has 0 fully saturated rings. The zero-order valence-corrected chi connectivity index (χ0v) is 12.1. The third kappa shape index (κ3) is 2.12. The molecule has 0 bridgehead atoms. The van der Waals surface area contributed by atoms with E-state index in [0.29, 0.717) is 11.3 Å². The van der Waals surface area contributed by atoms with Gasteiger partial charge in [0, 0.05) is 14.8 Å². The first-order valence-corrected chi connectivity index (χ1v) is 6.91. The fraction of sp³-hybridized carbons (Fsp3) is 0. The molecule has 0 aliphatic carbocycles. The fourth-order valence-corrected chi connectivity index (χ4v) is 2.73. The largest absolute Gasteiger partial charge is 0.398 e. The third-order valence-corrected chi connectivity index (χ3v) is 3.75. The molecule has 0 spiro atoms. The Labute approximate surface area is 124 Å². The molecule has 3 nitrogen and oxygen atoms in total. The van der Waals surface area contributed by atoms with E-state index in [1.165, 1.54) is 0 Å². The number of rotatable bonds is 1. The van der Waals surface area contributed by atoms with E-state index in [9.17, 15) is 4.79 Å². The smallest absolute Gasteiger partial charge is 0.258 e. The van der Waals surface area contributed by atoms with E-state index in [1.807, 2.05) is 48.5 Å². The lowest BCUT2D eigenvalue weighted by molar-refractivity contribution is -0.110. The van der Waals surface area contributed by atoms with Gasteiger partial charge in [0.25, 0.3) is 5.91 Å². The SMILES string of the molecule is N/C(=C1\C(=O)Nc2ccccc21)c1cccc(I)c1. The standard InChI is InChI=1S/C15H11IN2O/c16-10-5-3-4-9(8-10)14(17)13-11-6-1-2-7-12(11)18-15(13)19/h1-8H,17H2,(H,18,19)/b14-13-. The van der Waals surface area contributed by atoms with Crippen LogP contribution in [0.4, 0.5) is 5.69 Å². The first-order chi connectivity index (χ1) is 9.16. The molecule has 1 aliphatic rings. The van der Waals surface area contributed by atoms with E-state index in [-0.39, 0.29) is 5.91 Å². The maximum absolute atomic E-state index is 12.1. The second-order valence-corrected chi connectivity index (χ2v) is 5.54. The minimum absolute atomic E-state index is 0.141. The Morgan fingerprint density at radius 3 is 2.68 bits per heavy atom. The number of para-hydroxylation sites is 1. The second-order valence-electron chi connectivity index (χ2n) is 4.30. The van der Waals surface area contributed by atoms with Gasteiger partial charge in [-0.2, -0.15) is 0 Å². The average Bonchev–Trinajstić information content (AvgIpc) is 2.74. The number of halogens is 1. The van der Waals surface area contributed by atoms with Gasteiger partial charge >= 0.3 is 0 Å². The number of carbonyl (C=O) groups excluding carboxylic acids is 1. The molecular weight excluding hydrogens is 351 g/mol. The van der Waals surface area contributed by atoms with E-state index in [1.54, 1.807) is 0 Å². The first kappa shape index (κ1) is 12.2. The molecule has 3 rings (SSSR count). The van der Waals surface area contributed by atoms with E-state index < -0.39 is 0 Å². The molecule has 0 radical (unpaired) electrons. The van der Waals surface area contributed by atoms with E-state index >= 15 is 0 Å². The summed E-state index contributed by atoms with van der Waals surface area (Å²) < 4.78 is 1.09. The molecule has 0 unspecified atom stereocenters. The molecule has 1 heterocycles. The summed E-state index contributed by atoms with van der Waals surface area (Å²) in [6.45, 7) is 0. The highest BCUT2D eigenvalue weighted by Crippen LogP contribution is 2.34. The maximum atomic E-state index is 12.1. The van der Waals surface area contributed by atoms with Crippen LogP contribution in [0.3, 0.4) is 0 Å². The van der Waals surface area contributed by atoms with Gasteiger partial charge < -0.3 is 11.1 Å². The van der Waals surface area contributed by atoms with Crippen LogP contribution in [0.5, 0.6) is 0 Å². The Hall–Kier alpha value is -1.82. The van der Waals surface area contributed by atoms with Crippen molar-refractivity contribution in [1.29, 1.82) is 0 Å². The Morgan fingerprint density at radius 1 is 1.11 bits per heavy atom. The zero-order chi connectivity index (χ0) is 13.4. The van der Waals surface area contributed by atoms with Gasteiger partial charge in [-0.05, 0) is 46.4 Å². The Bertz CT molecular complexity index is 707. The van der Waals surface area contributed by atoms with Gasteiger partial charge in [0.1, 0.15) is 0 Å². The number of nitrogens with two attached hydrogens (primary N) is 1. The molecule has 4 heteroatoms. The van der Waals surface area contributed by atoms with Crippen molar-refractivity contribution in [2.45, 2.75) is 0 Å². The van der Waals surface area contributed by atoms with Gasteiger partial charge in [0.2, 0.25) is 0 Å². The molecule has 2 aromatic carbocycles. The summed E-state index contributed by atoms with van der Waals surface area (Å²) >= 11 is 2.23. The molecule has 0 atom stereocenters. The monoisotopic (exact) mass is 362 g/mol. The molecule has 94 valence electrons.